The van der Waals surface area contributed by atoms with Crippen LogP contribution in [0.25, 0.3) is 10.2 Å². The molecule has 1 amide bonds. The first-order valence-corrected chi connectivity index (χ1v) is 6.43. The number of nitrogens with zero attached hydrogens (tertiary/aromatic N) is 3. The second kappa shape index (κ2) is 4.43. The zero-order valence-corrected chi connectivity index (χ0v) is 11.1. The number of rotatable bonds is 2. The van der Waals surface area contributed by atoms with Gasteiger partial charge in [-0.15, -0.1) is 0 Å². The van der Waals surface area contributed by atoms with Crippen LogP contribution in [-0.4, -0.2) is 21.2 Å². The maximum atomic E-state index is 11.9. The Hall–Kier alpha value is -2.28. The van der Waals surface area contributed by atoms with E-state index in [0.29, 0.717) is 10.8 Å². The van der Waals surface area contributed by atoms with Crippen molar-refractivity contribution >= 4 is 32.6 Å². The molecule has 6 nitrogen and oxygen atoms in total. The molecule has 0 atom stereocenters. The maximum Gasteiger partial charge on any atom is 0.281 e. The maximum absolute atomic E-state index is 11.9. The number of hydrogen-bond donors (Lipinski definition) is 1. The lowest BCUT2D eigenvalue weighted by Crippen LogP contribution is -2.13. The number of carbonyl (C=O) groups is 1. The Morgan fingerprint density at radius 3 is 2.89 bits per heavy atom. The standard InChI is InChI=1S/C12H10N4O2S/c1-6-3-4-8-9(5-6)19-12(13-8)14-11(17)10-7(2)15-18-16-10/h3-5H,1-2H3,(H,13,14,17). The summed E-state index contributed by atoms with van der Waals surface area (Å²) in [6.45, 7) is 3.68. The van der Waals surface area contributed by atoms with Crippen LogP contribution < -0.4 is 5.32 Å². The van der Waals surface area contributed by atoms with Crippen molar-refractivity contribution in [2.75, 3.05) is 5.32 Å². The van der Waals surface area contributed by atoms with E-state index in [9.17, 15) is 4.79 Å². The Balaban J connectivity index is 1.89. The van der Waals surface area contributed by atoms with Gasteiger partial charge >= 0.3 is 0 Å². The van der Waals surface area contributed by atoms with Crippen LogP contribution in [0.5, 0.6) is 0 Å². The molecule has 0 aliphatic carbocycles. The number of amides is 1. The van der Waals surface area contributed by atoms with Crippen molar-refractivity contribution in [3.8, 4) is 0 Å². The van der Waals surface area contributed by atoms with E-state index in [1.165, 1.54) is 11.3 Å². The quantitative estimate of drug-likeness (QED) is 0.776. The topological polar surface area (TPSA) is 80.9 Å². The van der Waals surface area contributed by atoms with E-state index in [0.717, 1.165) is 15.8 Å². The van der Waals surface area contributed by atoms with Crippen LogP contribution in [0.15, 0.2) is 22.8 Å². The molecule has 2 aromatic heterocycles. The fourth-order valence-corrected chi connectivity index (χ4v) is 2.64. The van der Waals surface area contributed by atoms with Crippen molar-refractivity contribution in [1.82, 2.24) is 15.3 Å². The molecule has 0 spiro atoms. The molecule has 7 heteroatoms. The first-order chi connectivity index (χ1) is 9.13. The van der Waals surface area contributed by atoms with Crippen LogP contribution in [0.3, 0.4) is 0 Å². The molecule has 0 bridgehead atoms. The van der Waals surface area contributed by atoms with Gasteiger partial charge in [-0.3, -0.25) is 10.1 Å². The molecule has 2 heterocycles. The molecule has 0 saturated carbocycles. The van der Waals surface area contributed by atoms with E-state index < -0.39 is 0 Å². The number of carbonyl (C=O) groups excluding carboxylic acids is 1. The van der Waals surface area contributed by atoms with Gasteiger partial charge in [-0.1, -0.05) is 22.6 Å². The summed E-state index contributed by atoms with van der Waals surface area (Å²) in [5.74, 6) is -0.366. The first kappa shape index (κ1) is 11.8. The number of aromatic nitrogens is 3. The van der Waals surface area contributed by atoms with E-state index in [1.54, 1.807) is 6.92 Å². The van der Waals surface area contributed by atoms with Crippen molar-refractivity contribution in [3.05, 3.63) is 35.2 Å². The number of anilines is 1. The minimum atomic E-state index is -0.366. The van der Waals surface area contributed by atoms with Crippen LogP contribution in [0.4, 0.5) is 5.13 Å². The molecule has 19 heavy (non-hydrogen) atoms. The van der Waals surface area contributed by atoms with Gasteiger partial charge in [0, 0.05) is 0 Å². The molecule has 96 valence electrons. The Morgan fingerprint density at radius 1 is 1.32 bits per heavy atom. The van der Waals surface area contributed by atoms with Crippen LogP contribution in [0.1, 0.15) is 21.7 Å². The Kier molecular flexibility index (Phi) is 2.75. The molecule has 0 aliphatic heterocycles. The molecular weight excluding hydrogens is 264 g/mol. The van der Waals surface area contributed by atoms with Crippen molar-refractivity contribution in [2.45, 2.75) is 13.8 Å². The summed E-state index contributed by atoms with van der Waals surface area (Å²) >= 11 is 1.42. The summed E-state index contributed by atoms with van der Waals surface area (Å²) in [4.78, 5) is 16.3. The summed E-state index contributed by atoms with van der Waals surface area (Å²) < 4.78 is 5.53. The second-order valence-electron chi connectivity index (χ2n) is 4.14. The van der Waals surface area contributed by atoms with Gasteiger partial charge in [0.2, 0.25) is 0 Å². The van der Waals surface area contributed by atoms with E-state index in [-0.39, 0.29) is 11.6 Å². The summed E-state index contributed by atoms with van der Waals surface area (Å²) in [6.07, 6.45) is 0. The normalized spacial score (nSPS) is 10.8. The number of nitrogens with one attached hydrogen (secondary N) is 1. The predicted molar refractivity (Wildman–Crippen MR) is 71.3 cm³/mol. The average molecular weight is 274 g/mol. The van der Waals surface area contributed by atoms with Gasteiger partial charge in [-0.25, -0.2) is 9.61 Å². The molecular formula is C12H10N4O2S. The zero-order valence-electron chi connectivity index (χ0n) is 10.3. The number of thiazole rings is 1. The molecule has 0 fully saturated rings. The van der Waals surface area contributed by atoms with E-state index in [1.807, 2.05) is 25.1 Å². The lowest BCUT2D eigenvalue weighted by Gasteiger charge is -1.96. The summed E-state index contributed by atoms with van der Waals surface area (Å²) in [5, 5.41) is 10.4. The Morgan fingerprint density at radius 2 is 2.16 bits per heavy atom. The minimum Gasteiger partial charge on any atom is -0.296 e. The van der Waals surface area contributed by atoms with Gasteiger partial charge in [0.1, 0.15) is 5.69 Å². The second-order valence-corrected chi connectivity index (χ2v) is 5.17. The van der Waals surface area contributed by atoms with Crippen molar-refractivity contribution < 1.29 is 9.42 Å². The molecule has 0 unspecified atom stereocenters. The third kappa shape index (κ3) is 2.19. The highest BCUT2D eigenvalue weighted by molar-refractivity contribution is 7.22. The van der Waals surface area contributed by atoms with Crippen LogP contribution in [-0.2, 0) is 0 Å². The Bertz CT molecular complexity index is 762. The third-order valence-electron chi connectivity index (χ3n) is 2.63. The molecule has 3 aromatic rings. The zero-order chi connectivity index (χ0) is 13.4. The van der Waals surface area contributed by atoms with Gasteiger partial charge in [-0.2, -0.15) is 0 Å². The summed E-state index contributed by atoms with van der Waals surface area (Å²) in [6, 6.07) is 5.95. The SMILES string of the molecule is Cc1ccc2nc(NC(=O)c3nonc3C)sc2c1. The van der Waals surface area contributed by atoms with Crippen LogP contribution >= 0.6 is 11.3 Å². The van der Waals surface area contributed by atoms with Gasteiger partial charge in [0.25, 0.3) is 5.91 Å². The van der Waals surface area contributed by atoms with Gasteiger partial charge < -0.3 is 0 Å². The van der Waals surface area contributed by atoms with E-state index in [4.69, 9.17) is 0 Å². The number of benzene rings is 1. The van der Waals surface area contributed by atoms with Gasteiger partial charge in [0.15, 0.2) is 10.8 Å². The van der Waals surface area contributed by atoms with Gasteiger partial charge in [0.05, 0.1) is 10.2 Å². The molecule has 3 rings (SSSR count). The smallest absolute Gasteiger partial charge is 0.281 e. The average Bonchev–Trinajstić information content (AvgIpc) is 2.94. The van der Waals surface area contributed by atoms with Crippen molar-refractivity contribution in [1.29, 1.82) is 0 Å². The lowest BCUT2D eigenvalue weighted by atomic mass is 10.2. The summed E-state index contributed by atoms with van der Waals surface area (Å²) in [7, 11) is 0. The number of hydrogen-bond acceptors (Lipinski definition) is 6. The highest BCUT2D eigenvalue weighted by Gasteiger charge is 2.16. The number of aryl methyl sites for hydroxylation is 2. The van der Waals surface area contributed by atoms with E-state index >= 15 is 0 Å². The van der Waals surface area contributed by atoms with Gasteiger partial charge in [-0.05, 0) is 36.7 Å². The molecule has 0 radical (unpaired) electrons. The number of fused-ring (bicyclic) bond motifs is 1. The summed E-state index contributed by atoms with van der Waals surface area (Å²) in [5.41, 5.74) is 2.65. The lowest BCUT2D eigenvalue weighted by molar-refractivity contribution is 0.101. The highest BCUT2D eigenvalue weighted by atomic mass is 32.1. The Labute approximate surface area is 112 Å². The fourth-order valence-electron chi connectivity index (χ4n) is 1.68. The van der Waals surface area contributed by atoms with Crippen molar-refractivity contribution in [2.24, 2.45) is 0 Å². The van der Waals surface area contributed by atoms with Crippen LogP contribution in [0.2, 0.25) is 0 Å². The minimum absolute atomic E-state index is 0.176. The molecule has 0 saturated heterocycles. The highest BCUT2D eigenvalue weighted by Crippen LogP contribution is 2.26. The molecule has 0 aliphatic rings. The monoisotopic (exact) mass is 274 g/mol. The largest absolute Gasteiger partial charge is 0.296 e. The third-order valence-corrected chi connectivity index (χ3v) is 3.57. The molecule has 1 aromatic carbocycles. The molecule has 1 N–H and O–H groups in total. The van der Waals surface area contributed by atoms with Crippen LogP contribution in [0, 0.1) is 13.8 Å². The van der Waals surface area contributed by atoms with E-state index in [2.05, 4.69) is 25.2 Å². The van der Waals surface area contributed by atoms with Crippen molar-refractivity contribution in [3.63, 3.8) is 0 Å². The first-order valence-electron chi connectivity index (χ1n) is 5.61. The predicted octanol–water partition coefficient (Wildman–Crippen LogP) is 2.55. The fraction of sp³-hybridized carbons (Fsp3) is 0.167.